The van der Waals surface area contributed by atoms with Gasteiger partial charge in [-0.25, -0.2) is 8.42 Å². The Balaban J connectivity index is 1.83. The molecule has 0 spiro atoms. The lowest BCUT2D eigenvalue weighted by molar-refractivity contribution is 0.290. The summed E-state index contributed by atoms with van der Waals surface area (Å²) in [5.41, 5.74) is 2.85. The number of ether oxygens (including phenoxy) is 1. The van der Waals surface area contributed by atoms with Crippen LogP contribution in [0.4, 0.5) is 5.69 Å². The Morgan fingerprint density at radius 2 is 2.00 bits per heavy atom. The van der Waals surface area contributed by atoms with Gasteiger partial charge in [0.05, 0.1) is 22.7 Å². The highest BCUT2D eigenvalue weighted by Gasteiger charge is 2.23. The second kappa shape index (κ2) is 6.04. The maximum atomic E-state index is 13.1. The van der Waals surface area contributed by atoms with Crippen LogP contribution < -0.4 is 9.46 Å². The van der Waals surface area contributed by atoms with Crippen LogP contribution in [0, 0.1) is 6.92 Å². The smallest absolute Gasteiger partial charge is 0.262 e. The van der Waals surface area contributed by atoms with Gasteiger partial charge in [0.15, 0.2) is 0 Å². The molecule has 1 aliphatic rings. The molecule has 0 unspecified atom stereocenters. The quantitative estimate of drug-likeness (QED) is 0.779. The van der Waals surface area contributed by atoms with E-state index in [1.54, 1.807) is 37.4 Å². The summed E-state index contributed by atoms with van der Waals surface area (Å²) in [5, 5.41) is 0.612. The van der Waals surface area contributed by atoms with E-state index < -0.39 is 10.0 Å². The van der Waals surface area contributed by atoms with Gasteiger partial charge in [0.2, 0.25) is 0 Å². The van der Waals surface area contributed by atoms with Gasteiger partial charge in [-0.1, -0.05) is 18.2 Å². The summed E-state index contributed by atoms with van der Waals surface area (Å²) in [6.45, 7) is 2.39. The van der Waals surface area contributed by atoms with E-state index in [-0.39, 0.29) is 4.90 Å². The lowest BCUT2D eigenvalue weighted by Gasteiger charge is -2.21. The third-order valence-electron chi connectivity index (χ3n) is 4.38. The minimum Gasteiger partial charge on any atom is -0.491 e. The first-order valence-corrected chi connectivity index (χ1v) is 9.66. The average molecular weight is 354 g/mol. The van der Waals surface area contributed by atoms with E-state index in [1.165, 1.54) is 0 Å². The van der Waals surface area contributed by atoms with E-state index in [2.05, 4.69) is 9.71 Å². The second-order valence-corrected chi connectivity index (χ2v) is 7.75. The summed E-state index contributed by atoms with van der Waals surface area (Å²) in [6.07, 6.45) is 3.49. The zero-order valence-electron chi connectivity index (χ0n) is 13.8. The highest BCUT2D eigenvalue weighted by Crippen LogP contribution is 2.35. The Morgan fingerprint density at radius 1 is 1.12 bits per heavy atom. The third kappa shape index (κ3) is 2.82. The molecular formula is C19H18N2O3S. The van der Waals surface area contributed by atoms with Crippen molar-refractivity contribution >= 4 is 26.6 Å². The van der Waals surface area contributed by atoms with Crippen LogP contribution in [0.5, 0.6) is 5.75 Å². The Morgan fingerprint density at radius 3 is 2.88 bits per heavy atom. The van der Waals surface area contributed by atoms with Crippen LogP contribution in [0.1, 0.15) is 17.5 Å². The van der Waals surface area contributed by atoms with Crippen LogP contribution in [-0.4, -0.2) is 20.0 Å². The Labute approximate surface area is 146 Å². The first kappa shape index (κ1) is 15.9. The molecule has 25 heavy (non-hydrogen) atoms. The molecule has 1 aromatic heterocycles. The number of para-hydroxylation sites is 1. The standard InChI is InChI=1S/C19H18N2O3S/c1-13-9-10-16-15(7-3-11-20-16)19(13)25(22,23)21-17-8-2-5-14-6-4-12-24-18(14)17/h2-3,5,7-11,21H,4,6,12H2,1H3. The van der Waals surface area contributed by atoms with Gasteiger partial charge in [0.1, 0.15) is 5.75 Å². The van der Waals surface area contributed by atoms with Crippen molar-refractivity contribution < 1.29 is 13.2 Å². The number of anilines is 1. The van der Waals surface area contributed by atoms with Crippen LogP contribution in [0.15, 0.2) is 53.6 Å². The molecule has 1 aliphatic heterocycles. The zero-order valence-corrected chi connectivity index (χ0v) is 14.6. The number of benzene rings is 2. The second-order valence-electron chi connectivity index (χ2n) is 6.13. The number of sulfonamides is 1. The van der Waals surface area contributed by atoms with Gasteiger partial charge in [-0.05, 0) is 55.2 Å². The molecule has 0 amide bonds. The van der Waals surface area contributed by atoms with Crippen molar-refractivity contribution in [2.24, 2.45) is 0 Å². The fourth-order valence-corrected chi connectivity index (χ4v) is 4.76. The van der Waals surface area contributed by atoms with E-state index in [1.807, 2.05) is 18.2 Å². The molecule has 0 saturated carbocycles. The molecule has 3 aromatic rings. The molecule has 0 aliphatic carbocycles. The van der Waals surface area contributed by atoms with Crippen molar-refractivity contribution in [3.05, 3.63) is 59.8 Å². The highest BCUT2D eigenvalue weighted by molar-refractivity contribution is 7.93. The number of nitrogens with zero attached hydrogens (tertiary/aromatic N) is 1. The fraction of sp³-hybridized carbons (Fsp3) is 0.211. The number of nitrogens with one attached hydrogen (secondary N) is 1. The molecule has 0 fully saturated rings. The predicted octanol–water partition coefficient (Wildman–Crippen LogP) is 3.67. The fourth-order valence-electron chi connectivity index (χ4n) is 3.26. The minimum absolute atomic E-state index is 0.256. The monoisotopic (exact) mass is 354 g/mol. The van der Waals surface area contributed by atoms with Crippen molar-refractivity contribution in [1.29, 1.82) is 0 Å². The van der Waals surface area contributed by atoms with E-state index in [4.69, 9.17) is 4.74 Å². The lowest BCUT2D eigenvalue weighted by Crippen LogP contribution is -2.17. The summed E-state index contributed by atoms with van der Waals surface area (Å²) in [4.78, 5) is 4.51. The molecule has 0 atom stereocenters. The predicted molar refractivity (Wildman–Crippen MR) is 97.5 cm³/mol. The molecule has 6 heteroatoms. The number of aryl methyl sites for hydroxylation is 2. The van der Waals surface area contributed by atoms with Gasteiger partial charge in [0, 0.05) is 11.6 Å². The molecule has 0 saturated heterocycles. The average Bonchev–Trinajstić information content (AvgIpc) is 2.61. The molecule has 0 radical (unpaired) electrons. The van der Waals surface area contributed by atoms with Gasteiger partial charge in [-0.15, -0.1) is 0 Å². The highest BCUT2D eigenvalue weighted by atomic mass is 32.2. The van der Waals surface area contributed by atoms with E-state index in [0.29, 0.717) is 34.5 Å². The van der Waals surface area contributed by atoms with Crippen LogP contribution >= 0.6 is 0 Å². The van der Waals surface area contributed by atoms with Crippen molar-refractivity contribution in [1.82, 2.24) is 4.98 Å². The largest absolute Gasteiger partial charge is 0.491 e. The summed E-state index contributed by atoms with van der Waals surface area (Å²) in [6, 6.07) is 12.7. The number of aromatic nitrogens is 1. The lowest BCUT2D eigenvalue weighted by atomic mass is 10.1. The van der Waals surface area contributed by atoms with E-state index in [9.17, 15) is 8.42 Å². The molecule has 2 heterocycles. The normalized spacial score (nSPS) is 14.0. The van der Waals surface area contributed by atoms with E-state index in [0.717, 1.165) is 18.4 Å². The van der Waals surface area contributed by atoms with Crippen LogP contribution in [0.2, 0.25) is 0 Å². The van der Waals surface area contributed by atoms with Gasteiger partial charge >= 0.3 is 0 Å². The van der Waals surface area contributed by atoms with Crippen LogP contribution in [0.25, 0.3) is 10.9 Å². The summed E-state index contributed by atoms with van der Waals surface area (Å²) >= 11 is 0. The summed E-state index contributed by atoms with van der Waals surface area (Å²) in [7, 11) is -3.77. The van der Waals surface area contributed by atoms with Gasteiger partial charge in [-0.2, -0.15) is 0 Å². The third-order valence-corrected chi connectivity index (χ3v) is 5.95. The van der Waals surface area contributed by atoms with Crippen LogP contribution in [-0.2, 0) is 16.4 Å². The molecule has 0 bridgehead atoms. The number of hydrogen-bond donors (Lipinski definition) is 1. The maximum absolute atomic E-state index is 13.1. The number of rotatable bonds is 3. The Bertz CT molecular complexity index is 1060. The topological polar surface area (TPSA) is 68.3 Å². The van der Waals surface area contributed by atoms with Gasteiger partial charge < -0.3 is 4.74 Å². The van der Waals surface area contributed by atoms with Gasteiger partial charge in [-0.3, -0.25) is 9.71 Å². The molecule has 4 rings (SSSR count). The molecular weight excluding hydrogens is 336 g/mol. The summed E-state index contributed by atoms with van der Waals surface area (Å²) in [5.74, 6) is 0.633. The minimum atomic E-state index is -3.77. The van der Waals surface area contributed by atoms with E-state index >= 15 is 0 Å². The Kier molecular flexibility index (Phi) is 3.84. The zero-order chi connectivity index (χ0) is 17.4. The Hall–Kier alpha value is -2.60. The maximum Gasteiger partial charge on any atom is 0.262 e. The first-order valence-electron chi connectivity index (χ1n) is 8.18. The van der Waals surface area contributed by atoms with Crippen LogP contribution in [0.3, 0.4) is 0 Å². The summed E-state index contributed by atoms with van der Waals surface area (Å²) < 4.78 is 34.7. The number of hydrogen-bond acceptors (Lipinski definition) is 4. The number of pyridine rings is 1. The van der Waals surface area contributed by atoms with Crippen molar-refractivity contribution in [3.8, 4) is 5.75 Å². The first-order chi connectivity index (χ1) is 12.1. The number of fused-ring (bicyclic) bond motifs is 2. The van der Waals surface area contributed by atoms with Gasteiger partial charge in [0.25, 0.3) is 10.0 Å². The SMILES string of the molecule is Cc1ccc2ncccc2c1S(=O)(=O)Nc1cccc2c1OCCC2. The molecule has 128 valence electrons. The van der Waals surface area contributed by atoms with Crippen molar-refractivity contribution in [2.45, 2.75) is 24.7 Å². The molecule has 5 nitrogen and oxygen atoms in total. The molecule has 2 aromatic carbocycles. The van der Waals surface area contributed by atoms with Crippen molar-refractivity contribution in [2.75, 3.05) is 11.3 Å². The molecule has 1 N–H and O–H groups in total. The van der Waals surface area contributed by atoms with Crippen molar-refractivity contribution in [3.63, 3.8) is 0 Å².